The van der Waals surface area contributed by atoms with Crippen LogP contribution in [-0.2, 0) is 7.05 Å². The van der Waals surface area contributed by atoms with Crippen LogP contribution in [0.2, 0.25) is 0 Å². The summed E-state index contributed by atoms with van der Waals surface area (Å²) < 4.78 is 1.82. The topological polar surface area (TPSA) is 81.4 Å². The molecule has 29 heavy (non-hydrogen) atoms. The van der Waals surface area contributed by atoms with E-state index in [0.717, 1.165) is 44.9 Å². The number of benzene rings is 1. The first-order valence-corrected chi connectivity index (χ1v) is 9.95. The van der Waals surface area contributed by atoms with Crippen LogP contribution in [0.4, 0.5) is 5.82 Å². The van der Waals surface area contributed by atoms with Gasteiger partial charge in [-0.1, -0.05) is 12.1 Å². The SMILES string of the molecule is Cc1ccc(C(C)Nc2nnc(C3CC3)c3ccc(-c4ccn(C)n4)cc23)nn1. The van der Waals surface area contributed by atoms with E-state index >= 15 is 0 Å². The number of nitrogens with one attached hydrogen (secondary N) is 1. The molecule has 146 valence electrons. The van der Waals surface area contributed by atoms with Crippen LogP contribution in [0, 0.1) is 6.92 Å². The molecule has 1 unspecified atom stereocenters. The van der Waals surface area contributed by atoms with E-state index in [1.165, 1.54) is 12.8 Å². The van der Waals surface area contributed by atoms with Gasteiger partial charge in [0.15, 0.2) is 5.82 Å². The molecule has 5 rings (SSSR count). The molecular weight excluding hydrogens is 362 g/mol. The van der Waals surface area contributed by atoms with Gasteiger partial charge in [-0.25, -0.2) is 0 Å². The van der Waals surface area contributed by atoms with Gasteiger partial charge in [0.05, 0.1) is 28.8 Å². The molecule has 1 atom stereocenters. The fourth-order valence-electron chi connectivity index (χ4n) is 3.59. The standard InChI is InChI=1S/C22H23N7/c1-13-4-9-19(25-24-13)14(2)23-22-18-12-16(20-10-11-29(3)28-20)7-8-17(18)21(26-27-22)15-5-6-15/h4,7-12,14-15H,5-6H2,1-3H3,(H,23,27). The number of aryl methyl sites for hydroxylation is 2. The maximum Gasteiger partial charge on any atom is 0.157 e. The number of fused-ring (bicyclic) bond motifs is 1. The van der Waals surface area contributed by atoms with Crippen molar-refractivity contribution in [3.05, 3.63) is 59.7 Å². The quantitative estimate of drug-likeness (QED) is 0.555. The van der Waals surface area contributed by atoms with Crippen molar-refractivity contribution >= 4 is 16.6 Å². The fraction of sp³-hybridized carbons (Fsp3) is 0.318. The minimum Gasteiger partial charge on any atom is -0.360 e. The van der Waals surface area contributed by atoms with E-state index in [9.17, 15) is 0 Å². The molecule has 1 fully saturated rings. The molecule has 1 aliphatic carbocycles. The molecule has 3 heterocycles. The number of hydrogen-bond donors (Lipinski definition) is 1. The Morgan fingerprint density at radius 1 is 1.00 bits per heavy atom. The highest BCUT2D eigenvalue weighted by Gasteiger charge is 2.28. The lowest BCUT2D eigenvalue weighted by molar-refractivity contribution is 0.771. The van der Waals surface area contributed by atoms with Crippen molar-refractivity contribution in [2.75, 3.05) is 5.32 Å². The zero-order valence-electron chi connectivity index (χ0n) is 16.8. The van der Waals surface area contributed by atoms with Crippen molar-refractivity contribution in [2.45, 2.75) is 38.6 Å². The third-order valence-corrected chi connectivity index (χ3v) is 5.40. The van der Waals surface area contributed by atoms with Gasteiger partial charge in [-0.05, 0) is 51.0 Å². The van der Waals surface area contributed by atoms with Crippen molar-refractivity contribution in [2.24, 2.45) is 7.05 Å². The Balaban J connectivity index is 1.58. The molecule has 0 amide bonds. The lowest BCUT2D eigenvalue weighted by Crippen LogP contribution is -2.12. The minimum absolute atomic E-state index is 0.0362. The van der Waals surface area contributed by atoms with Crippen LogP contribution < -0.4 is 5.32 Å². The largest absolute Gasteiger partial charge is 0.360 e. The summed E-state index contributed by atoms with van der Waals surface area (Å²) in [5, 5.41) is 27.9. The van der Waals surface area contributed by atoms with Crippen molar-refractivity contribution < 1.29 is 0 Å². The zero-order valence-corrected chi connectivity index (χ0v) is 16.8. The van der Waals surface area contributed by atoms with Crippen molar-refractivity contribution in [1.29, 1.82) is 0 Å². The Kier molecular flexibility index (Phi) is 4.23. The van der Waals surface area contributed by atoms with Gasteiger partial charge in [-0.15, -0.1) is 5.10 Å². The first kappa shape index (κ1) is 17.7. The van der Waals surface area contributed by atoms with E-state index in [2.05, 4.69) is 55.9 Å². The summed E-state index contributed by atoms with van der Waals surface area (Å²) in [5.41, 5.74) is 4.89. The van der Waals surface area contributed by atoms with Crippen LogP contribution in [0.5, 0.6) is 0 Å². The summed E-state index contributed by atoms with van der Waals surface area (Å²) in [6.07, 6.45) is 4.33. The van der Waals surface area contributed by atoms with E-state index in [-0.39, 0.29) is 6.04 Å². The molecule has 1 saturated carbocycles. The highest BCUT2D eigenvalue weighted by Crippen LogP contribution is 2.43. The fourth-order valence-corrected chi connectivity index (χ4v) is 3.59. The monoisotopic (exact) mass is 385 g/mol. The van der Waals surface area contributed by atoms with Crippen LogP contribution in [0.15, 0.2) is 42.6 Å². The number of aromatic nitrogens is 6. The molecule has 4 aromatic rings. The summed E-state index contributed by atoms with van der Waals surface area (Å²) in [5.74, 6) is 1.29. The Hall–Kier alpha value is -3.35. The highest BCUT2D eigenvalue weighted by atomic mass is 15.2. The Morgan fingerprint density at radius 3 is 2.55 bits per heavy atom. The van der Waals surface area contributed by atoms with E-state index < -0.39 is 0 Å². The molecule has 1 aromatic carbocycles. The summed E-state index contributed by atoms with van der Waals surface area (Å²) in [6, 6.07) is 12.4. The zero-order chi connectivity index (χ0) is 20.0. The molecule has 7 heteroatoms. The summed E-state index contributed by atoms with van der Waals surface area (Å²) in [4.78, 5) is 0. The molecule has 0 saturated heterocycles. The maximum absolute atomic E-state index is 4.57. The second-order valence-electron chi connectivity index (χ2n) is 7.81. The number of hydrogen-bond acceptors (Lipinski definition) is 6. The third-order valence-electron chi connectivity index (χ3n) is 5.40. The van der Waals surface area contributed by atoms with Crippen LogP contribution in [0.25, 0.3) is 22.0 Å². The second kappa shape index (κ2) is 6.92. The molecular formula is C22H23N7. The first-order chi connectivity index (χ1) is 14.1. The molecule has 1 aliphatic rings. The predicted molar refractivity (Wildman–Crippen MR) is 113 cm³/mol. The summed E-state index contributed by atoms with van der Waals surface area (Å²) in [6.45, 7) is 3.99. The van der Waals surface area contributed by atoms with Gasteiger partial charge < -0.3 is 5.32 Å². The van der Waals surface area contributed by atoms with E-state index in [1.807, 2.05) is 43.0 Å². The van der Waals surface area contributed by atoms with Crippen LogP contribution in [0.3, 0.4) is 0 Å². The molecule has 3 aromatic heterocycles. The van der Waals surface area contributed by atoms with Gasteiger partial charge in [0.1, 0.15) is 0 Å². The van der Waals surface area contributed by atoms with Crippen LogP contribution >= 0.6 is 0 Å². The molecule has 1 N–H and O–H groups in total. The number of anilines is 1. The van der Waals surface area contributed by atoms with E-state index in [4.69, 9.17) is 0 Å². The van der Waals surface area contributed by atoms with Gasteiger partial charge >= 0.3 is 0 Å². The molecule has 0 bridgehead atoms. The Morgan fingerprint density at radius 2 is 1.86 bits per heavy atom. The van der Waals surface area contributed by atoms with Gasteiger partial charge in [0.25, 0.3) is 0 Å². The van der Waals surface area contributed by atoms with Crippen LogP contribution in [-0.4, -0.2) is 30.2 Å². The molecule has 0 spiro atoms. The smallest absolute Gasteiger partial charge is 0.157 e. The van der Waals surface area contributed by atoms with Gasteiger partial charge in [0, 0.05) is 35.5 Å². The van der Waals surface area contributed by atoms with Gasteiger partial charge in [-0.2, -0.15) is 20.4 Å². The third kappa shape index (κ3) is 3.44. The average Bonchev–Trinajstić information content (AvgIpc) is 3.48. The molecule has 0 radical (unpaired) electrons. The predicted octanol–water partition coefficient (Wildman–Crippen LogP) is 4.18. The maximum atomic E-state index is 4.57. The molecule has 7 nitrogen and oxygen atoms in total. The highest BCUT2D eigenvalue weighted by molar-refractivity contribution is 5.96. The number of rotatable bonds is 5. The van der Waals surface area contributed by atoms with E-state index in [0.29, 0.717) is 5.92 Å². The summed E-state index contributed by atoms with van der Waals surface area (Å²) >= 11 is 0. The second-order valence-corrected chi connectivity index (χ2v) is 7.81. The lowest BCUT2D eigenvalue weighted by Gasteiger charge is -2.16. The number of nitrogens with zero attached hydrogens (tertiary/aromatic N) is 6. The first-order valence-electron chi connectivity index (χ1n) is 9.95. The van der Waals surface area contributed by atoms with Crippen LogP contribution in [0.1, 0.15) is 48.8 Å². The Labute approximate surface area is 169 Å². The van der Waals surface area contributed by atoms with Crippen molar-refractivity contribution in [1.82, 2.24) is 30.2 Å². The van der Waals surface area contributed by atoms with Crippen molar-refractivity contribution in [3.63, 3.8) is 0 Å². The summed E-state index contributed by atoms with van der Waals surface area (Å²) in [7, 11) is 1.93. The van der Waals surface area contributed by atoms with Crippen molar-refractivity contribution in [3.8, 4) is 11.3 Å². The Bertz CT molecular complexity index is 1180. The minimum atomic E-state index is -0.0362. The molecule has 0 aliphatic heterocycles. The lowest BCUT2D eigenvalue weighted by atomic mass is 10.0. The van der Waals surface area contributed by atoms with Gasteiger partial charge in [0.2, 0.25) is 0 Å². The normalized spacial score (nSPS) is 14.9. The van der Waals surface area contributed by atoms with Gasteiger partial charge in [-0.3, -0.25) is 4.68 Å². The average molecular weight is 385 g/mol. The van der Waals surface area contributed by atoms with E-state index in [1.54, 1.807) is 0 Å².